The Morgan fingerprint density at radius 2 is 2.24 bits per heavy atom. The van der Waals surface area contributed by atoms with Gasteiger partial charge in [-0.3, -0.25) is 9.78 Å². The molecule has 0 fully saturated rings. The highest BCUT2D eigenvalue weighted by Crippen LogP contribution is 2.34. The number of carboxylic acid groups (broad SMARTS) is 1. The molecule has 2 aromatic rings. The van der Waals surface area contributed by atoms with Gasteiger partial charge in [0.2, 0.25) is 0 Å². The Morgan fingerprint density at radius 1 is 1.52 bits per heavy atom. The van der Waals surface area contributed by atoms with E-state index in [0.717, 1.165) is 34.3 Å². The molecule has 5 N–H and O–H groups in total. The lowest BCUT2D eigenvalue weighted by molar-refractivity contribution is -0.136. The van der Waals surface area contributed by atoms with Gasteiger partial charge in [0.05, 0.1) is 30.6 Å². The van der Waals surface area contributed by atoms with Crippen molar-refractivity contribution in [3.8, 4) is 5.75 Å². The molecular formula is C19H24N6O3S. The first kappa shape index (κ1) is 20.7. The van der Waals surface area contributed by atoms with E-state index in [1.165, 1.54) is 0 Å². The van der Waals surface area contributed by atoms with E-state index in [-0.39, 0.29) is 5.82 Å². The van der Waals surface area contributed by atoms with Crippen LogP contribution < -0.4 is 16.2 Å². The topological polar surface area (TPSA) is 142 Å². The molecule has 1 aliphatic rings. The lowest BCUT2D eigenvalue weighted by Crippen LogP contribution is -2.18. The maximum absolute atomic E-state index is 11.5. The molecule has 0 amide bonds. The molecule has 2 aromatic heterocycles. The van der Waals surface area contributed by atoms with E-state index in [9.17, 15) is 9.90 Å². The molecule has 0 aromatic carbocycles. The molecule has 0 saturated heterocycles. The quantitative estimate of drug-likeness (QED) is 0.670. The van der Waals surface area contributed by atoms with E-state index < -0.39 is 11.2 Å². The van der Waals surface area contributed by atoms with Crippen LogP contribution in [-0.2, 0) is 17.8 Å². The van der Waals surface area contributed by atoms with Crippen LogP contribution in [0.2, 0.25) is 0 Å². The standard InChI is InChI=1S/C19H24N6O3S/c1-9-7-22-13(10(2)16(9)28-4)8-25-17(21)15-12(24-25)5-6-14(19(26)27)29-18(15)23-11(3)20/h7,14H,3,5-6,8,20-21H2,1-2,4H3,(H,26,27)/b23-18+. The normalized spacial score (nSPS) is 17.6. The van der Waals surface area contributed by atoms with Crippen molar-refractivity contribution in [2.75, 3.05) is 12.8 Å². The number of carbonyl (C=O) groups is 1. The number of ether oxygens (including phenoxy) is 1. The largest absolute Gasteiger partial charge is 0.496 e. The van der Waals surface area contributed by atoms with Gasteiger partial charge in [-0.05, 0) is 26.7 Å². The molecule has 0 radical (unpaired) electrons. The molecule has 0 aliphatic carbocycles. The number of carboxylic acids is 1. The van der Waals surface area contributed by atoms with Crippen LogP contribution in [0.3, 0.4) is 0 Å². The van der Waals surface area contributed by atoms with Crippen LogP contribution in [0.1, 0.15) is 34.5 Å². The van der Waals surface area contributed by atoms with E-state index in [0.29, 0.717) is 41.5 Å². The van der Waals surface area contributed by atoms with Gasteiger partial charge in [-0.1, -0.05) is 18.3 Å². The van der Waals surface area contributed by atoms with Gasteiger partial charge in [0, 0.05) is 17.3 Å². The zero-order chi connectivity index (χ0) is 21.3. The summed E-state index contributed by atoms with van der Waals surface area (Å²) in [6, 6.07) is 0. The Bertz CT molecular complexity index is 1010. The summed E-state index contributed by atoms with van der Waals surface area (Å²) in [5.74, 6) is 0.342. The molecule has 1 unspecified atom stereocenters. The number of nitrogens with zero attached hydrogens (tertiary/aromatic N) is 4. The van der Waals surface area contributed by atoms with Crippen LogP contribution in [0, 0.1) is 13.8 Å². The van der Waals surface area contributed by atoms with Gasteiger partial charge in [0.25, 0.3) is 0 Å². The summed E-state index contributed by atoms with van der Waals surface area (Å²) < 4.78 is 7.13. The monoisotopic (exact) mass is 416 g/mol. The number of nitrogen functional groups attached to an aromatic ring is 1. The molecule has 1 atom stereocenters. The van der Waals surface area contributed by atoms with E-state index in [2.05, 4.69) is 21.7 Å². The fourth-order valence-corrected chi connectivity index (χ4v) is 4.45. The van der Waals surface area contributed by atoms with Gasteiger partial charge in [-0.25, -0.2) is 9.67 Å². The summed E-state index contributed by atoms with van der Waals surface area (Å²) in [7, 11) is 1.63. The molecule has 3 heterocycles. The molecule has 1 aliphatic heterocycles. The van der Waals surface area contributed by atoms with Gasteiger partial charge in [0.1, 0.15) is 27.7 Å². The first-order chi connectivity index (χ1) is 13.7. The fourth-order valence-electron chi connectivity index (χ4n) is 3.33. The van der Waals surface area contributed by atoms with Crippen molar-refractivity contribution >= 4 is 28.6 Å². The smallest absolute Gasteiger partial charge is 0.317 e. The SMILES string of the molecule is C=C(N)/N=C1/SC(C(=O)O)CCc2nn(Cc3ncc(C)c(OC)c3C)c(N)c21. The minimum Gasteiger partial charge on any atom is -0.496 e. The predicted molar refractivity (Wildman–Crippen MR) is 113 cm³/mol. The number of fused-ring (bicyclic) bond motifs is 1. The highest BCUT2D eigenvalue weighted by molar-refractivity contribution is 8.15. The number of aromatic nitrogens is 3. The van der Waals surface area contributed by atoms with Crippen molar-refractivity contribution < 1.29 is 14.6 Å². The highest BCUT2D eigenvalue weighted by atomic mass is 32.2. The van der Waals surface area contributed by atoms with Crippen LogP contribution in [0.25, 0.3) is 0 Å². The van der Waals surface area contributed by atoms with Crippen LogP contribution in [-0.4, -0.2) is 43.2 Å². The molecule has 9 nitrogen and oxygen atoms in total. The third-order valence-corrected chi connectivity index (χ3v) is 5.99. The van der Waals surface area contributed by atoms with Crippen LogP contribution in [0.4, 0.5) is 5.82 Å². The number of methoxy groups -OCH3 is 1. The second-order valence-electron chi connectivity index (χ2n) is 6.80. The Hall–Kier alpha value is -3.01. The minimum absolute atomic E-state index is 0.0809. The molecule has 0 spiro atoms. The van der Waals surface area contributed by atoms with Crippen LogP contribution in [0.5, 0.6) is 5.75 Å². The average molecular weight is 417 g/mol. The van der Waals surface area contributed by atoms with Crippen molar-refractivity contribution in [1.82, 2.24) is 14.8 Å². The third kappa shape index (κ3) is 4.07. The fraction of sp³-hybridized carbons (Fsp3) is 0.368. The van der Waals surface area contributed by atoms with Gasteiger partial charge in [-0.2, -0.15) is 5.10 Å². The molecule has 0 saturated carbocycles. The van der Waals surface area contributed by atoms with Crippen molar-refractivity contribution in [2.24, 2.45) is 10.7 Å². The van der Waals surface area contributed by atoms with Crippen molar-refractivity contribution in [3.05, 3.63) is 46.7 Å². The van der Waals surface area contributed by atoms with Gasteiger partial charge < -0.3 is 21.3 Å². The summed E-state index contributed by atoms with van der Waals surface area (Å²) in [6.07, 6.45) is 2.63. The van der Waals surface area contributed by atoms with E-state index in [1.807, 2.05) is 13.8 Å². The average Bonchev–Trinajstić information content (AvgIpc) is 2.83. The Kier molecular flexibility index (Phi) is 5.83. The number of pyridine rings is 1. The van der Waals surface area contributed by atoms with Crippen LogP contribution in [0.15, 0.2) is 23.6 Å². The number of nitrogens with two attached hydrogens (primary N) is 2. The third-order valence-electron chi connectivity index (χ3n) is 4.75. The lowest BCUT2D eigenvalue weighted by Gasteiger charge is -2.13. The second-order valence-corrected chi connectivity index (χ2v) is 7.99. The Balaban J connectivity index is 2.04. The van der Waals surface area contributed by atoms with E-state index in [4.69, 9.17) is 16.2 Å². The molecule has 29 heavy (non-hydrogen) atoms. The van der Waals surface area contributed by atoms with Gasteiger partial charge in [-0.15, -0.1) is 0 Å². The number of rotatable bonds is 5. The molecule has 10 heteroatoms. The van der Waals surface area contributed by atoms with E-state index in [1.54, 1.807) is 18.0 Å². The highest BCUT2D eigenvalue weighted by Gasteiger charge is 2.31. The molecule has 154 valence electrons. The van der Waals surface area contributed by atoms with Gasteiger partial charge in [0.15, 0.2) is 0 Å². The molecule has 3 rings (SSSR count). The Labute approximate surface area is 172 Å². The summed E-state index contributed by atoms with van der Waals surface area (Å²) in [4.78, 5) is 20.3. The number of aliphatic imine (C=N–C) groups is 1. The summed E-state index contributed by atoms with van der Waals surface area (Å²) >= 11 is 1.12. The number of anilines is 1. The van der Waals surface area contributed by atoms with Gasteiger partial charge >= 0.3 is 5.97 Å². The maximum Gasteiger partial charge on any atom is 0.317 e. The van der Waals surface area contributed by atoms with Crippen LogP contribution >= 0.6 is 11.8 Å². The predicted octanol–water partition coefficient (Wildman–Crippen LogP) is 1.84. The maximum atomic E-state index is 11.5. The number of hydrogen-bond donors (Lipinski definition) is 3. The summed E-state index contributed by atoms with van der Waals surface area (Å²) in [5, 5.41) is 13.8. The molecular weight excluding hydrogens is 392 g/mol. The molecule has 0 bridgehead atoms. The van der Waals surface area contributed by atoms with Crippen molar-refractivity contribution in [2.45, 2.75) is 38.5 Å². The number of aliphatic carboxylic acids is 1. The minimum atomic E-state index is -0.909. The van der Waals surface area contributed by atoms with Crippen molar-refractivity contribution in [1.29, 1.82) is 0 Å². The second kappa shape index (κ2) is 8.16. The zero-order valence-corrected chi connectivity index (χ0v) is 17.4. The lowest BCUT2D eigenvalue weighted by atomic mass is 10.1. The summed E-state index contributed by atoms with van der Waals surface area (Å²) in [5.41, 5.74) is 16.0. The zero-order valence-electron chi connectivity index (χ0n) is 16.6. The first-order valence-corrected chi connectivity index (χ1v) is 9.88. The summed E-state index contributed by atoms with van der Waals surface area (Å²) in [6.45, 7) is 7.83. The first-order valence-electron chi connectivity index (χ1n) is 9.00. The number of hydrogen-bond acceptors (Lipinski definition) is 8. The Morgan fingerprint density at radius 3 is 2.86 bits per heavy atom. The van der Waals surface area contributed by atoms with E-state index >= 15 is 0 Å². The van der Waals surface area contributed by atoms with Crippen molar-refractivity contribution in [3.63, 3.8) is 0 Å². The number of aryl methyl sites for hydroxylation is 2. The number of thioether (sulfide) groups is 1.